The minimum Gasteiger partial charge on any atom is -0.481 e. The highest BCUT2D eigenvalue weighted by molar-refractivity contribution is 8.00. The monoisotopic (exact) mass is 1650 g/mol. The number of rotatable bonds is 60. The number of nitrogens with one attached hydrogen (secondary N) is 10. The fourth-order valence-corrected chi connectivity index (χ4v) is 11.2. The Morgan fingerprint density at radius 3 is 1.10 bits per heavy atom. The number of thioether (sulfide) groups is 1. The molecule has 0 aromatic carbocycles. The predicted molar refractivity (Wildman–Crippen MR) is 373 cm³/mol. The Balaban J connectivity index is 3.75. The first-order valence-electron chi connectivity index (χ1n) is 34.9. The van der Waals surface area contributed by atoms with Gasteiger partial charge in [0.25, 0.3) is 0 Å². The zero-order chi connectivity index (χ0) is 86.1. The van der Waals surface area contributed by atoms with Crippen molar-refractivity contribution in [1.82, 2.24) is 58.1 Å². The Kier molecular flexibility index (Phi) is 47.7. The van der Waals surface area contributed by atoms with Gasteiger partial charge in [-0.05, 0) is 44.9 Å². The lowest BCUT2D eigenvalue weighted by atomic mass is 10.0. The Hall–Kier alpha value is -9.23. The summed E-state index contributed by atoms with van der Waals surface area (Å²) in [6.45, 7) is -6.46. The van der Waals surface area contributed by atoms with E-state index >= 15 is 0 Å². The largest absolute Gasteiger partial charge is 0.481 e. The lowest BCUT2D eigenvalue weighted by Crippen LogP contribution is -2.59. The van der Waals surface area contributed by atoms with Gasteiger partial charge in [-0.25, -0.2) is 9.59 Å². The highest BCUT2D eigenvalue weighted by Gasteiger charge is 2.42. The Labute approximate surface area is 645 Å². The van der Waals surface area contributed by atoms with Crippen LogP contribution in [0.1, 0.15) is 103 Å². The van der Waals surface area contributed by atoms with Crippen LogP contribution in [-0.2, 0) is 86.3 Å². The van der Waals surface area contributed by atoms with E-state index in [1.54, 1.807) is 0 Å². The standard InChI is InChI=1S/C63H102N12O37S/c64-28(4-10-42(87)65-19-35(81)50(97)53(100)38(84)23-78)56(103)70-31(7-13-48(93)94)58(105)71-29(5-11-43(88)66-20-36(82)51(98)54(101)39(85)24-79)57(104)73-32(8-14-49(95)96)59(106)72-30(6-12-44(89)67-21-37(83)52(99)55(102)40(86)25-80)60(107)74-34(63(111)112)26-113-41-18-47(92)75(61(41)108)16-15-46(91)68-27(22-77)3-9-45(90)69-33(62(109)110)2-1-17-76/h17,22,27-41,50-55,78-86,97-102H,1-16,18-21,23-26,64H2,(H,65,87)(H,66,88)(H,67,89)(H,68,91)(H,69,90)(H,70,103)(H,71,105)(H,72,106)(H,73,104)(H,74,107)(H,93,94)(H,95,96)(H,109,110)(H,111,112)/t27-,28-,29-,30-,31+,32+,33-,34+,35-,36-,37-,38+,39+,40+,41?,50+,51+,52+,53+,54+,55+/m0/s1. The lowest BCUT2D eigenvalue weighted by Gasteiger charge is -2.27. The third-order valence-corrected chi connectivity index (χ3v) is 18.2. The summed E-state index contributed by atoms with van der Waals surface area (Å²) in [7, 11) is 0. The molecule has 1 rings (SSSR count). The average molecular weight is 1650 g/mol. The van der Waals surface area contributed by atoms with E-state index in [4.69, 9.17) is 21.1 Å². The molecule has 1 unspecified atom stereocenters. The van der Waals surface area contributed by atoms with E-state index in [9.17, 15) is 168 Å². The van der Waals surface area contributed by atoms with Crippen LogP contribution < -0.4 is 58.9 Å². The SMILES string of the molecule is N[C@@H](CCC(=O)NC[C@H](O)[C@@H](O)[C@H](O)[C@H](O)CO)C(=O)N[C@H](CCC(=O)O)C(=O)N[C@@H](CCC(=O)NC[C@H](O)[C@@H](O)[C@H](O)[C@H](O)CO)C(=O)N[C@H](CCC(=O)O)C(=O)N[C@@H](CCC(=O)NC[C@H](O)[C@@H](O)[C@H](O)[C@H](O)CO)C(=O)N[C@H](CSC1CC(=O)N(CCC(=O)N[C@H](C=O)CCC(=O)N[C@@H](CCC=O)C(=O)O)C1=O)C(=O)O. The Morgan fingerprint density at radius 2 is 0.743 bits per heavy atom. The molecule has 1 heterocycles. The zero-order valence-corrected chi connectivity index (χ0v) is 61.3. The second kappa shape index (κ2) is 53.0. The van der Waals surface area contributed by atoms with Gasteiger partial charge >= 0.3 is 23.9 Å². The van der Waals surface area contributed by atoms with Crippen LogP contribution >= 0.6 is 11.8 Å². The average Bonchev–Trinajstić information content (AvgIpc) is 1.71. The van der Waals surface area contributed by atoms with Crippen LogP contribution in [0.5, 0.6) is 0 Å². The fourth-order valence-electron chi connectivity index (χ4n) is 10.0. The third kappa shape index (κ3) is 38.0. The molecule has 1 fully saturated rings. The Bertz CT molecular complexity index is 3200. The summed E-state index contributed by atoms with van der Waals surface area (Å²) in [5.74, 6) is -21.6. The number of carboxylic acid groups (broad SMARTS) is 4. The number of aldehydes is 2. The number of hydrogen-bond donors (Lipinski definition) is 30. The zero-order valence-electron chi connectivity index (χ0n) is 60.5. The molecule has 49 nitrogen and oxygen atoms in total. The van der Waals surface area contributed by atoms with Gasteiger partial charge in [0.05, 0.1) is 55.5 Å². The molecule has 0 aromatic rings. The van der Waals surface area contributed by atoms with Gasteiger partial charge in [0.2, 0.25) is 70.9 Å². The van der Waals surface area contributed by atoms with Crippen molar-refractivity contribution in [1.29, 1.82) is 0 Å². The van der Waals surface area contributed by atoms with Crippen molar-refractivity contribution in [3.63, 3.8) is 0 Å². The quantitative estimate of drug-likeness (QED) is 0.0199. The number of nitrogens with two attached hydrogens (primary N) is 1. The number of aliphatic hydroxyl groups is 15. The van der Waals surface area contributed by atoms with E-state index in [1.165, 1.54) is 0 Å². The van der Waals surface area contributed by atoms with Gasteiger partial charge in [0.1, 0.15) is 104 Å². The summed E-state index contributed by atoms with van der Waals surface area (Å²) in [4.78, 5) is 233. The van der Waals surface area contributed by atoms with E-state index in [2.05, 4.69) is 53.2 Å². The highest BCUT2D eigenvalue weighted by atomic mass is 32.2. The Morgan fingerprint density at radius 1 is 0.407 bits per heavy atom. The molecule has 1 aliphatic rings. The maximum atomic E-state index is 14.5. The predicted octanol–water partition coefficient (Wildman–Crippen LogP) is -16.2. The van der Waals surface area contributed by atoms with E-state index < -0.39 is 357 Å². The number of carbonyl (C=O) groups excluding carboxylic acids is 14. The third-order valence-electron chi connectivity index (χ3n) is 16.9. The van der Waals surface area contributed by atoms with Gasteiger partial charge in [0, 0.05) is 89.7 Å². The number of imide groups is 1. The molecular formula is C63H102N12O37S. The number of carbonyl (C=O) groups is 18. The van der Waals surface area contributed by atoms with Crippen molar-refractivity contribution in [3.8, 4) is 0 Å². The van der Waals surface area contributed by atoms with Crippen molar-refractivity contribution >= 4 is 119 Å². The molecule has 113 heavy (non-hydrogen) atoms. The van der Waals surface area contributed by atoms with Crippen molar-refractivity contribution in [2.75, 3.05) is 51.8 Å². The second-order valence-corrected chi connectivity index (χ2v) is 27.0. The van der Waals surface area contributed by atoms with Crippen LogP contribution in [0.3, 0.4) is 0 Å². The summed E-state index contributed by atoms with van der Waals surface area (Å²) < 4.78 is 0. The first-order valence-corrected chi connectivity index (χ1v) is 35.9. The number of aliphatic hydroxyl groups excluding tert-OH is 15. The topological polar surface area (TPSA) is 841 Å². The van der Waals surface area contributed by atoms with Crippen molar-refractivity contribution in [3.05, 3.63) is 0 Å². The number of nitrogens with zero attached hydrogens (tertiary/aromatic N) is 1. The smallest absolute Gasteiger partial charge is 0.327 e. The molecule has 1 saturated heterocycles. The molecule has 12 amide bonds. The summed E-state index contributed by atoms with van der Waals surface area (Å²) in [5.41, 5.74) is 5.98. The van der Waals surface area contributed by atoms with Crippen LogP contribution in [-0.4, -0.2) is 388 Å². The number of aliphatic carboxylic acids is 4. The van der Waals surface area contributed by atoms with Gasteiger partial charge in [0.15, 0.2) is 0 Å². The molecule has 0 bridgehead atoms. The second-order valence-electron chi connectivity index (χ2n) is 25.7. The summed E-state index contributed by atoms with van der Waals surface area (Å²) in [6, 6.07) is -15.2. The number of amides is 12. The van der Waals surface area contributed by atoms with Gasteiger partial charge in [-0.3, -0.25) is 72.0 Å². The minimum atomic E-state index is -2.22. The van der Waals surface area contributed by atoms with E-state index in [0.29, 0.717) is 22.9 Å². The molecule has 0 aliphatic carbocycles. The maximum absolute atomic E-state index is 14.5. The number of hydrogen-bond acceptors (Lipinski definition) is 35. The number of likely N-dealkylation sites (tertiary alicyclic amines) is 1. The fraction of sp³-hybridized carbons (Fsp3) is 0.714. The minimum absolute atomic E-state index is 0.197. The van der Waals surface area contributed by atoms with Crippen LogP contribution in [0.4, 0.5) is 0 Å². The van der Waals surface area contributed by atoms with E-state index in [0.717, 1.165) is 0 Å². The molecule has 1 aliphatic heterocycles. The molecule has 21 atom stereocenters. The maximum Gasteiger partial charge on any atom is 0.327 e. The van der Waals surface area contributed by atoms with Crippen LogP contribution in [0.25, 0.3) is 0 Å². The van der Waals surface area contributed by atoms with Crippen molar-refractivity contribution in [2.24, 2.45) is 5.73 Å². The van der Waals surface area contributed by atoms with Crippen molar-refractivity contribution in [2.45, 2.75) is 230 Å². The summed E-state index contributed by atoms with van der Waals surface area (Å²) in [5, 5.41) is 207. The van der Waals surface area contributed by atoms with Gasteiger partial charge in [-0.1, -0.05) is 0 Å². The molecule has 0 aromatic heterocycles. The summed E-state index contributed by atoms with van der Waals surface area (Å²) in [6.07, 6.45) is -35.5. The van der Waals surface area contributed by atoms with Crippen LogP contribution in [0.15, 0.2) is 0 Å². The molecule has 50 heteroatoms. The summed E-state index contributed by atoms with van der Waals surface area (Å²) >= 11 is 0.477. The molecule has 0 radical (unpaired) electrons. The van der Waals surface area contributed by atoms with Crippen LogP contribution in [0.2, 0.25) is 0 Å². The first kappa shape index (κ1) is 102. The number of carboxylic acids is 4. The molecule has 0 saturated carbocycles. The van der Waals surface area contributed by atoms with Crippen molar-refractivity contribution < 1.29 is 183 Å². The normalized spacial score (nSPS) is 18.1. The van der Waals surface area contributed by atoms with E-state index in [-0.39, 0.29) is 25.5 Å². The van der Waals surface area contributed by atoms with Gasteiger partial charge in [-0.15, -0.1) is 11.8 Å². The highest BCUT2D eigenvalue weighted by Crippen LogP contribution is 2.26. The van der Waals surface area contributed by atoms with E-state index in [1.807, 2.05) is 0 Å². The molecular weight excluding hydrogens is 1550 g/mol. The molecule has 31 N–H and O–H groups in total. The lowest BCUT2D eigenvalue weighted by molar-refractivity contribution is -0.142. The first-order chi connectivity index (χ1) is 53.0. The molecule has 0 spiro atoms. The van der Waals surface area contributed by atoms with Crippen LogP contribution in [0, 0.1) is 0 Å². The van der Waals surface area contributed by atoms with Gasteiger partial charge in [-0.2, -0.15) is 0 Å². The molecule has 642 valence electrons. The van der Waals surface area contributed by atoms with Gasteiger partial charge < -0.3 is 166 Å².